The van der Waals surface area contributed by atoms with Crippen molar-refractivity contribution < 1.29 is 19.7 Å². The van der Waals surface area contributed by atoms with Gasteiger partial charge < -0.3 is 19.7 Å². The molecule has 0 saturated carbocycles. The fraction of sp³-hybridized carbons (Fsp3) is 0.375. The SMILES string of the molecule is OCC1CC(O)CC(Oc2ccc3ccccc3c2)O1. The first-order valence-corrected chi connectivity index (χ1v) is 6.84. The highest BCUT2D eigenvalue weighted by Crippen LogP contribution is 2.25. The van der Waals surface area contributed by atoms with Crippen LogP contribution in [0.25, 0.3) is 10.8 Å². The van der Waals surface area contributed by atoms with E-state index in [4.69, 9.17) is 14.6 Å². The van der Waals surface area contributed by atoms with Crippen molar-refractivity contribution in [2.24, 2.45) is 0 Å². The molecule has 0 spiro atoms. The lowest BCUT2D eigenvalue weighted by atomic mass is 10.1. The van der Waals surface area contributed by atoms with Gasteiger partial charge in [-0.3, -0.25) is 0 Å². The molecule has 4 nitrogen and oxygen atoms in total. The standard InChI is InChI=1S/C16H18O4/c17-10-15-8-13(18)9-16(20-15)19-14-6-5-11-3-1-2-4-12(11)7-14/h1-7,13,15-18H,8-10H2. The van der Waals surface area contributed by atoms with E-state index in [1.165, 1.54) is 0 Å². The quantitative estimate of drug-likeness (QED) is 0.899. The molecule has 1 fully saturated rings. The van der Waals surface area contributed by atoms with E-state index in [1.807, 2.05) is 42.5 Å². The molecule has 3 atom stereocenters. The second-order valence-corrected chi connectivity index (χ2v) is 5.12. The molecular weight excluding hydrogens is 256 g/mol. The Bertz CT molecular complexity index is 583. The van der Waals surface area contributed by atoms with Crippen molar-refractivity contribution >= 4 is 10.8 Å². The lowest BCUT2D eigenvalue weighted by Crippen LogP contribution is -2.40. The van der Waals surface area contributed by atoms with Crippen LogP contribution in [0, 0.1) is 0 Å². The molecule has 0 aromatic heterocycles. The molecule has 3 unspecified atom stereocenters. The smallest absolute Gasteiger partial charge is 0.202 e. The Labute approximate surface area is 117 Å². The van der Waals surface area contributed by atoms with E-state index >= 15 is 0 Å². The van der Waals surface area contributed by atoms with Gasteiger partial charge in [0.25, 0.3) is 0 Å². The highest BCUT2D eigenvalue weighted by Gasteiger charge is 2.29. The second kappa shape index (κ2) is 5.79. The van der Waals surface area contributed by atoms with Crippen molar-refractivity contribution in [3.63, 3.8) is 0 Å². The maximum absolute atomic E-state index is 9.76. The van der Waals surface area contributed by atoms with Crippen LogP contribution in [0.4, 0.5) is 0 Å². The normalized spacial score (nSPS) is 26.6. The molecule has 2 N–H and O–H groups in total. The Hall–Kier alpha value is -1.62. The minimum atomic E-state index is -0.517. The van der Waals surface area contributed by atoms with Gasteiger partial charge in [-0.1, -0.05) is 30.3 Å². The van der Waals surface area contributed by atoms with Gasteiger partial charge in [-0.2, -0.15) is 0 Å². The van der Waals surface area contributed by atoms with Crippen LogP contribution in [0.15, 0.2) is 42.5 Å². The van der Waals surface area contributed by atoms with E-state index in [1.54, 1.807) is 0 Å². The molecule has 1 heterocycles. The maximum atomic E-state index is 9.76. The van der Waals surface area contributed by atoms with Gasteiger partial charge in [0, 0.05) is 12.8 Å². The number of aliphatic hydroxyl groups is 2. The Balaban J connectivity index is 1.75. The van der Waals surface area contributed by atoms with E-state index in [9.17, 15) is 5.11 Å². The minimum absolute atomic E-state index is 0.103. The van der Waals surface area contributed by atoms with Crippen LogP contribution in [-0.2, 0) is 4.74 Å². The molecule has 20 heavy (non-hydrogen) atoms. The molecule has 1 aliphatic heterocycles. The van der Waals surface area contributed by atoms with E-state index in [2.05, 4.69) is 0 Å². The molecule has 1 aliphatic rings. The number of fused-ring (bicyclic) bond motifs is 1. The van der Waals surface area contributed by atoms with Crippen LogP contribution in [0.5, 0.6) is 5.75 Å². The van der Waals surface area contributed by atoms with Crippen LogP contribution in [0.1, 0.15) is 12.8 Å². The van der Waals surface area contributed by atoms with Gasteiger partial charge in [0.15, 0.2) is 0 Å². The summed E-state index contributed by atoms with van der Waals surface area (Å²) in [6.07, 6.45) is -0.496. The molecule has 0 amide bonds. The first-order chi connectivity index (χ1) is 9.74. The molecular formula is C16H18O4. The van der Waals surface area contributed by atoms with E-state index in [0.717, 1.165) is 10.8 Å². The Morgan fingerprint density at radius 1 is 1.10 bits per heavy atom. The molecule has 2 aromatic rings. The van der Waals surface area contributed by atoms with Crippen LogP contribution >= 0.6 is 0 Å². The zero-order chi connectivity index (χ0) is 13.9. The summed E-state index contributed by atoms with van der Waals surface area (Å²) in [6, 6.07) is 13.9. The lowest BCUT2D eigenvalue weighted by Gasteiger charge is -2.32. The van der Waals surface area contributed by atoms with E-state index in [0.29, 0.717) is 18.6 Å². The summed E-state index contributed by atoms with van der Waals surface area (Å²) in [7, 11) is 0. The topological polar surface area (TPSA) is 58.9 Å². The average Bonchev–Trinajstić information content (AvgIpc) is 2.46. The third-order valence-electron chi connectivity index (χ3n) is 3.54. The Morgan fingerprint density at radius 3 is 2.70 bits per heavy atom. The summed E-state index contributed by atoms with van der Waals surface area (Å²) >= 11 is 0. The number of hydrogen-bond donors (Lipinski definition) is 2. The summed E-state index contributed by atoms with van der Waals surface area (Å²) in [4.78, 5) is 0. The van der Waals surface area contributed by atoms with Gasteiger partial charge in [-0.25, -0.2) is 0 Å². The van der Waals surface area contributed by atoms with Crippen molar-refractivity contribution in [1.82, 2.24) is 0 Å². The summed E-state index contributed by atoms with van der Waals surface area (Å²) in [5, 5.41) is 21.2. The lowest BCUT2D eigenvalue weighted by molar-refractivity contribution is -0.184. The Morgan fingerprint density at radius 2 is 1.90 bits per heavy atom. The average molecular weight is 274 g/mol. The number of aliphatic hydroxyl groups excluding tert-OH is 2. The Kier molecular flexibility index (Phi) is 3.87. The van der Waals surface area contributed by atoms with Crippen molar-refractivity contribution in [2.45, 2.75) is 31.3 Å². The van der Waals surface area contributed by atoms with Crippen LogP contribution in [-0.4, -0.2) is 35.3 Å². The van der Waals surface area contributed by atoms with E-state index in [-0.39, 0.29) is 12.7 Å². The van der Waals surface area contributed by atoms with Gasteiger partial charge in [0.2, 0.25) is 6.29 Å². The van der Waals surface area contributed by atoms with Crippen molar-refractivity contribution in [3.8, 4) is 5.75 Å². The third-order valence-corrected chi connectivity index (χ3v) is 3.54. The predicted octanol–water partition coefficient (Wildman–Crippen LogP) is 2.08. The van der Waals surface area contributed by atoms with E-state index < -0.39 is 12.4 Å². The van der Waals surface area contributed by atoms with Gasteiger partial charge >= 0.3 is 0 Å². The largest absolute Gasteiger partial charge is 0.465 e. The van der Waals surface area contributed by atoms with Gasteiger partial charge in [-0.15, -0.1) is 0 Å². The van der Waals surface area contributed by atoms with Gasteiger partial charge in [0.1, 0.15) is 5.75 Å². The number of rotatable bonds is 3. The molecule has 106 valence electrons. The van der Waals surface area contributed by atoms with Crippen LogP contribution in [0.3, 0.4) is 0 Å². The summed E-state index contributed by atoms with van der Waals surface area (Å²) < 4.78 is 11.4. The van der Waals surface area contributed by atoms with Crippen molar-refractivity contribution in [1.29, 1.82) is 0 Å². The molecule has 3 rings (SSSR count). The molecule has 0 radical (unpaired) electrons. The number of ether oxygens (including phenoxy) is 2. The van der Waals surface area contributed by atoms with Crippen LogP contribution in [0.2, 0.25) is 0 Å². The molecule has 1 saturated heterocycles. The first-order valence-electron chi connectivity index (χ1n) is 6.84. The van der Waals surface area contributed by atoms with Gasteiger partial charge in [0.05, 0.1) is 18.8 Å². The van der Waals surface area contributed by atoms with Gasteiger partial charge in [-0.05, 0) is 22.9 Å². The van der Waals surface area contributed by atoms with Crippen LogP contribution < -0.4 is 4.74 Å². The highest BCUT2D eigenvalue weighted by molar-refractivity contribution is 5.83. The summed E-state index contributed by atoms with van der Waals surface area (Å²) in [5.74, 6) is 0.708. The predicted molar refractivity (Wildman–Crippen MR) is 75.6 cm³/mol. The molecule has 2 aromatic carbocycles. The molecule has 4 heteroatoms. The fourth-order valence-electron chi connectivity index (χ4n) is 2.53. The fourth-order valence-corrected chi connectivity index (χ4v) is 2.53. The number of hydrogen-bond acceptors (Lipinski definition) is 4. The van der Waals surface area contributed by atoms with Crippen molar-refractivity contribution in [2.75, 3.05) is 6.61 Å². The highest BCUT2D eigenvalue weighted by atomic mass is 16.7. The zero-order valence-corrected chi connectivity index (χ0v) is 11.1. The minimum Gasteiger partial charge on any atom is -0.465 e. The third kappa shape index (κ3) is 2.93. The first kappa shape index (κ1) is 13.4. The zero-order valence-electron chi connectivity index (χ0n) is 11.1. The molecule has 0 bridgehead atoms. The summed E-state index contributed by atoms with van der Waals surface area (Å²) in [5.41, 5.74) is 0. The monoisotopic (exact) mass is 274 g/mol. The number of benzene rings is 2. The second-order valence-electron chi connectivity index (χ2n) is 5.12. The summed E-state index contributed by atoms with van der Waals surface area (Å²) in [6.45, 7) is -0.103. The van der Waals surface area contributed by atoms with Crippen molar-refractivity contribution in [3.05, 3.63) is 42.5 Å². The maximum Gasteiger partial charge on any atom is 0.202 e. The molecule has 0 aliphatic carbocycles.